The van der Waals surface area contributed by atoms with Crippen molar-refractivity contribution in [3.8, 4) is 0 Å². The highest BCUT2D eigenvalue weighted by Gasteiger charge is 2.30. The van der Waals surface area contributed by atoms with Crippen molar-refractivity contribution in [1.82, 2.24) is 19.7 Å². The predicted octanol–water partition coefficient (Wildman–Crippen LogP) is 3.38. The molecule has 3 heterocycles. The summed E-state index contributed by atoms with van der Waals surface area (Å²) in [5, 5.41) is 5.38. The van der Waals surface area contributed by atoms with Crippen LogP contribution < -0.4 is 4.90 Å². The molecule has 128 valence electrons. The van der Waals surface area contributed by atoms with Gasteiger partial charge in [-0.3, -0.25) is 9.69 Å². The minimum atomic E-state index is -0.129. The number of amides is 1. The highest BCUT2D eigenvalue weighted by molar-refractivity contribution is 6.06. The zero-order valence-electron chi connectivity index (χ0n) is 14.7. The van der Waals surface area contributed by atoms with Gasteiger partial charge >= 0.3 is 0 Å². The summed E-state index contributed by atoms with van der Waals surface area (Å²) in [4.78, 5) is 23.2. The van der Waals surface area contributed by atoms with E-state index in [-0.39, 0.29) is 5.91 Å². The van der Waals surface area contributed by atoms with Gasteiger partial charge in [0.15, 0.2) is 5.65 Å². The van der Waals surface area contributed by atoms with Crippen molar-refractivity contribution in [2.45, 2.75) is 32.7 Å². The molecule has 1 aliphatic rings. The molecule has 1 aliphatic carbocycles. The fourth-order valence-electron chi connectivity index (χ4n) is 3.15. The van der Waals surface area contributed by atoms with E-state index in [1.807, 2.05) is 35.9 Å². The summed E-state index contributed by atoms with van der Waals surface area (Å²) in [5.41, 5.74) is 2.25. The third-order valence-corrected chi connectivity index (χ3v) is 4.89. The normalized spacial score (nSPS) is 15.3. The van der Waals surface area contributed by atoms with Crippen LogP contribution in [0.1, 0.15) is 41.9 Å². The average molecular weight is 335 g/mol. The second-order valence-electron chi connectivity index (χ2n) is 6.81. The van der Waals surface area contributed by atoms with Gasteiger partial charge in [0, 0.05) is 24.3 Å². The number of pyridine rings is 2. The van der Waals surface area contributed by atoms with Gasteiger partial charge in [-0.2, -0.15) is 5.10 Å². The van der Waals surface area contributed by atoms with Crippen molar-refractivity contribution in [2.24, 2.45) is 5.92 Å². The Morgan fingerprint density at radius 2 is 2.12 bits per heavy atom. The summed E-state index contributed by atoms with van der Waals surface area (Å²) in [6.07, 6.45) is 5.94. The molecule has 0 radical (unpaired) electrons. The van der Waals surface area contributed by atoms with Crippen LogP contribution in [0.15, 0.2) is 36.7 Å². The number of carbonyl (C=O) groups excluding carboxylic acids is 1. The van der Waals surface area contributed by atoms with E-state index in [0.29, 0.717) is 23.3 Å². The second-order valence-corrected chi connectivity index (χ2v) is 6.81. The number of aromatic nitrogens is 4. The second kappa shape index (κ2) is 5.95. The largest absolute Gasteiger partial charge is 0.296 e. The van der Waals surface area contributed by atoms with Crippen LogP contribution in [0.5, 0.6) is 0 Å². The molecule has 1 amide bonds. The van der Waals surface area contributed by atoms with E-state index in [1.165, 1.54) is 12.8 Å². The minimum Gasteiger partial charge on any atom is -0.296 e. The molecule has 4 rings (SSSR count). The number of anilines is 1. The van der Waals surface area contributed by atoms with Gasteiger partial charge in [0.05, 0.1) is 17.8 Å². The fraction of sp³-hybridized carbons (Fsp3) is 0.368. The molecule has 0 spiro atoms. The van der Waals surface area contributed by atoms with Crippen LogP contribution >= 0.6 is 0 Å². The molecule has 0 aromatic carbocycles. The average Bonchev–Trinajstić information content (AvgIpc) is 3.39. The maximum Gasteiger partial charge on any atom is 0.260 e. The van der Waals surface area contributed by atoms with Crippen LogP contribution in [0.3, 0.4) is 0 Å². The van der Waals surface area contributed by atoms with E-state index in [1.54, 1.807) is 24.3 Å². The zero-order chi connectivity index (χ0) is 17.6. The number of rotatable bonds is 4. The van der Waals surface area contributed by atoms with Crippen molar-refractivity contribution in [2.75, 3.05) is 11.9 Å². The lowest BCUT2D eigenvalue weighted by Gasteiger charge is -2.16. The van der Waals surface area contributed by atoms with Crippen LogP contribution in [0.4, 0.5) is 5.82 Å². The van der Waals surface area contributed by atoms with Gasteiger partial charge in [0.2, 0.25) is 0 Å². The van der Waals surface area contributed by atoms with Crippen LogP contribution in [-0.4, -0.2) is 32.7 Å². The quantitative estimate of drug-likeness (QED) is 0.733. The van der Waals surface area contributed by atoms with Gasteiger partial charge in [-0.25, -0.2) is 14.6 Å². The lowest BCUT2D eigenvalue weighted by molar-refractivity contribution is 0.0992. The predicted molar refractivity (Wildman–Crippen MR) is 96.7 cm³/mol. The highest BCUT2D eigenvalue weighted by atomic mass is 16.2. The Bertz CT molecular complexity index is 944. The van der Waals surface area contributed by atoms with E-state index in [0.717, 1.165) is 16.7 Å². The van der Waals surface area contributed by atoms with Crippen molar-refractivity contribution in [3.05, 3.63) is 47.9 Å². The first-order valence-corrected chi connectivity index (χ1v) is 8.59. The van der Waals surface area contributed by atoms with E-state index in [9.17, 15) is 4.79 Å². The van der Waals surface area contributed by atoms with Gasteiger partial charge < -0.3 is 0 Å². The topological polar surface area (TPSA) is 63.9 Å². The molecule has 0 aliphatic heterocycles. The van der Waals surface area contributed by atoms with Gasteiger partial charge in [-0.1, -0.05) is 6.07 Å². The molecule has 3 aromatic heterocycles. The van der Waals surface area contributed by atoms with Gasteiger partial charge in [-0.15, -0.1) is 0 Å². The Labute approximate surface area is 146 Å². The molecule has 0 unspecified atom stereocenters. The Kier molecular flexibility index (Phi) is 3.75. The van der Waals surface area contributed by atoms with Gasteiger partial charge in [-0.05, 0) is 50.8 Å². The zero-order valence-corrected chi connectivity index (χ0v) is 14.7. The van der Waals surface area contributed by atoms with E-state index >= 15 is 0 Å². The molecule has 1 fully saturated rings. The SMILES string of the molecule is Cc1cccc(N(C)C(=O)c2cnc3c(cnn3[C@H](C)C3CC3)c2)n1. The summed E-state index contributed by atoms with van der Waals surface area (Å²) in [5.74, 6) is 1.20. The monoisotopic (exact) mass is 335 g/mol. The molecule has 1 saturated carbocycles. The standard InChI is InChI=1S/C19H21N5O/c1-12-5-4-6-17(22-12)23(3)19(25)16-9-15-11-21-24(18(15)20-10-16)13(2)14-7-8-14/h4-6,9-11,13-14H,7-8H2,1-3H3/t13-/m1/s1. The summed E-state index contributed by atoms with van der Waals surface area (Å²) >= 11 is 0. The van der Waals surface area contributed by atoms with Crippen molar-refractivity contribution >= 4 is 22.8 Å². The smallest absolute Gasteiger partial charge is 0.260 e. The van der Waals surface area contributed by atoms with Crippen LogP contribution in [0, 0.1) is 12.8 Å². The summed E-state index contributed by atoms with van der Waals surface area (Å²) in [7, 11) is 1.73. The molecule has 25 heavy (non-hydrogen) atoms. The summed E-state index contributed by atoms with van der Waals surface area (Å²) in [6, 6.07) is 7.84. The van der Waals surface area contributed by atoms with Crippen LogP contribution in [0.25, 0.3) is 11.0 Å². The van der Waals surface area contributed by atoms with Crippen LogP contribution in [0.2, 0.25) is 0 Å². The van der Waals surface area contributed by atoms with Crippen LogP contribution in [-0.2, 0) is 0 Å². The van der Waals surface area contributed by atoms with Gasteiger partial charge in [0.25, 0.3) is 5.91 Å². The number of hydrogen-bond acceptors (Lipinski definition) is 4. The lowest BCUT2D eigenvalue weighted by atomic mass is 10.2. The van der Waals surface area contributed by atoms with Crippen molar-refractivity contribution < 1.29 is 4.79 Å². The van der Waals surface area contributed by atoms with Crippen molar-refractivity contribution in [1.29, 1.82) is 0 Å². The number of aryl methyl sites for hydroxylation is 1. The first-order chi connectivity index (χ1) is 12.0. The summed E-state index contributed by atoms with van der Waals surface area (Å²) < 4.78 is 1.98. The highest BCUT2D eigenvalue weighted by Crippen LogP contribution is 2.39. The first-order valence-electron chi connectivity index (χ1n) is 8.59. The fourth-order valence-corrected chi connectivity index (χ4v) is 3.15. The van der Waals surface area contributed by atoms with E-state index in [4.69, 9.17) is 0 Å². The van der Waals surface area contributed by atoms with Crippen molar-refractivity contribution in [3.63, 3.8) is 0 Å². The Morgan fingerprint density at radius 1 is 1.32 bits per heavy atom. The maximum absolute atomic E-state index is 12.8. The maximum atomic E-state index is 12.8. The molecule has 6 nitrogen and oxygen atoms in total. The number of nitrogens with zero attached hydrogens (tertiary/aromatic N) is 5. The Hall–Kier alpha value is -2.76. The summed E-state index contributed by atoms with van der Waals surface area (Å²) in [6.45, 7) is 4.09. The molecule has 1 atom stereocenters. The number of carbonyl (C=O) groups is 1. The Balaban J connectivity index is 1.64. The minimum absolute atomic E-state index is 0.129. The third-order valence-electron chi connectivity index (χ3n) is 4.89. The molecule has 6 heteroatoms. The first kappa shape index (κ1) is 15.7. The molecular weight excluding hydrogens is 314 g/mol. The number of hydrogen-bond donors (Lipinski definition) is 0. The number of fused-ring (bicyclic) bond motifs is 1. The van der Waals surface area contributed by atoms with Gasteiger partial charge in [0.1, 0.15) is 5.82 Å². The lowest BCUT2D eigenvalue weighted by Crippen LogP contribution is -2.27. The molecule has 0 bridgehead atoms. The molecular formula is C19H21N5O. The third kappa shape index (κ3) is 2.88. The molecule has 3 aromatic rings. The van der Waals surface area contributed by atoms with E-state index < -0.39 is 0 Å². The van der Waals surface area contributed by atoms with E-state index in [2.05, 4.69) is 22.0 Å². The Morgan fingerprint density at radius 3 is 2.84 bits per heavy atom. The molecule has 0 saturated heterocycles. The molecule has 0 N–H and O–H groups in total.